The molecule has 3 heteroatoms. The molecule has 2 atom stereocenters. The average molecular weight is 157 g/mol. The first-order valence-electron chi connectivity index (χ1n) is 3.80. The lowest BCUT2D eigenvalue weighted by Crippen LogP contribution is -2.31. The summed E-state index contributed by atoms with van der Waals surface area (Å²) in [5.74, 6) is 0. The summed E-state index contributed by atoms with van der Waals surface area (Å²) in [7, 11) is 0. The molecule has 2 unspecified atom stereocenters. The van der Waals surface area contributed by atoms with Crippen LogP contribution in [0, 0.1) is 0 Å². The first-order chi connectivity index (χ1) is 4.97. The second-order valence-electron chi connectivity index (χ2n) is 2.81. The van der Waals surface area contributed by atoms with Crippen LogP contribution in [-0.2, 0) is 4.74 Å². The van der Waals surface area contributed by atoms with Crippen molar-refractivity contribution < 1.29 is 4.74 Å². The molecule has 0 aromatic heterocycles. The van der Waals surface area contributed by atoms with Crippen LogP contribution in [0.25, 0.3) is 0 Å². The molecule has 2 rings (SSSR count). The Kier molecular flexibility index (Phi) is 1.84. The van der Waals surface area contributed by atoms with Crippen molar-refractivity contribution in [2.45, 2.75) is 37.0 Å². The van der Waals surface area contributed by atoms with E-state index in [0.717, 1.165) is 0 Å². The highest BCUT2D eigenvalue weighted by molar-refractivity contribution is 7.98. The molecule has 2 nitrogen and oxygen atoms in total. The summed E-state index contributed by atoms with van der Waals surface area (Å²) >= 11 is 1.69. The molecule has 1 aliphatic heterocycles. The predicted octanol–water partition coefficient (Wildman–Crippen LogP) is 2.00. The van der Waals surface area contributed by atoms with E-state index in [1.807, 2.05) is 0 Å². The van der Waals surface area contributed by atoms with Crippen LogP contribution in [0.15, 0.2) is 4.40 Å². The van der Waals surface area contributed by atoms with E-state index in [1.54, 1.807) is 18.3 Å². The molecule has 1 saturated carbocycles. The second-order valence-corrected chi connectivity index (χ2v) is 3.84. The summed E-state index contributed by atoms with van der Waals surface area (Å²) in [5, 5.41) is 0.652. The lowest BCUT2D eigenvalue weighted by Gasteiger charge is -2.30. The Balaban J connectivity index is 2.01. The summed E-state index contributed by atoms with van der Waals surface area (Å²) in [5.41, 5.74) is 0. The number of nitrogens with zero attached hydrogens (tertiary/aromatic N) is 1. The molecule has 0 N–H and O–H groups in total. The minimum Gasteiger partial charge on any atom is -0.478 e. The largest absolute Gasteiger partial charge is 0.478 e. The topological polar surface area (TPSA) is 21.6 Å². The van der Waals surface area contributed by atoms with E-state index >= 15 is 0 Å². The summed E-state index contributed by atoms with van der Waals surface area (Å²) in [6.07, 6.45) is 7.26. The third-order valence-corrected chi connectivity index (χ3v) is 3.13. The quantitative estimate of drug-likeness (QED) is 0.502. The maximum Gasteiger partial charge on any atom is 0.181 e. The van der Waals surface area contributed by atoms with E-state index in [2.05, 4.69) is 4.40 Å². The fourth-order valence-corrected chi connectivity index (χ4v) is 2.41. The van der Waals surface area contributed by atoms with Gasteiger partial charge in [0, 0.05) is 0 Å². The predicted molar refractivity (Wildman–Crippen MR) is 43.2 cm³/mol. The van der Waals surface area contributed by atoms with Gasteiger partial charge in [-0.3, -0.25) is 0 Å². The van der Waals surface area contributed by atoms with Crippen molar-refractivity contribution in [1.29, 1.82) is 0 Å². The number of fused-ring (bicyclic) bond motifs is 1. The van der Waals surface area contributed by atoms with Gasteiger partial charge >= 0.3 is 0 Å². The van der Waals surface area contributed by atoms with Gasteiger partial charge in [-0.15, -0.1) is 0 Å². The van der Waals surface area contributed by atoms with Crippen LogP contribution in [0.3, 0.4) is 0 Å². The summed E-state index contributed by atoms with van der Waals surface area (Å²) in [6.45, 7) is 0. The molecule has 1 aliphatic carbocycles. The summed E-state index contributed by atoms with van der Waals surface area (Å²) in [6, 6.07) is 0. The Hall–Kier alpha value is -0.180. The molecule has 0 radical (unpaired) electrons. The minimum absolute atomic E-state index is 0.469. The van der Waals surface area contributed by atoms with E-state index in [9.17, 15) is 0 Å². The van der Waals surface area contributed by atoms with Crippen LogP contribution in [0.1, 0.15) is 25.7 Å². The van der Waals surface area contributed by atoms with Gasteiger partial charge in [0.25, 0.3) is 0 Å². The monoisotopic (exact) mass is 157 g/mol. The first kappa shape index (κ1) is 6.53. The van der Waals surface area contributed by atoms with Crippen molar-refractivity contribution in [2.75, 3.05) is 0 Å². The standard InChI is InChI=1S/C7H11NOS/c1-2-4-7-6(3-1)9-5-8-10-7/h5-7H,1-4H2. The molecule has 56 valence electrons. The van der Waals surface area contributed by atoms with E-state index < -0.39 is 0 Å². The van der Waals surface area contributed by atoms with Gasteiger partial charge in [0.2, 0.25) is 0 Å². The van der Waals surface area contributed by atoms with Gasteiger partial charge in [-0.25, -0.2) is 0 Å². The number of rotatable bonds is 0. The van der Waals surface area contributed by atoms with Gasteiger partial charge in [-0.1, -0.05) is 6.42 Å². The molecule has 0 bridgehead atoms. The van der Waals surface area contributed by atoms with Gasteiger partial charge in [0.1, 0.15) is 6.10 Å². The summed E-state index contributed by atoms with van der Waals surface area (Å²) < 4.78 is 9.40. The number of hydrogen-bond donors (Lipinski definition) is 0. The van der Waals surface area contributed by atoms with Crippen molar-refractivity contribution in [3.63, 3.8) is 0 Å². The van der Waals surface area contributed by atoms with Crippen LogP contribution in [0.2, 0.25) is 0 Å². The van der Waals surface area contributed by atoms with E-state index in [0.29, 0.717) is 11.4 Å². The molecule has 0 aromatic carbocycles. The van der Waals surface area contributed by atoms with Crippen LogP contribution in [0.4, 0.5) is 0 Å². The van der Waals surface area contributed by atoms with Gasteiger partial charge in [0.05, 0.1) is 5.25 Å². The van der Waals surface area contributed by atoms with Gasteiger partial charge < -0.3 is 4.74 Å². The Morgan fingerprint density at radius 2 is 2.30 bits per heavy atom. The maximum absolute atomic E-state index is 5.37. The van der Waals surface area contributed by atoms with Crippen molar-refractivity contribution in [2.24, 2.45) is 4.40 Å². The molecule has 2 aliphatic rings. The van der Waals surface area contributed by atoms with Crippen molar-refractivity contribution >= 4 is 18.3 Å². The smallest absolute Gasteiger partial charge is 0.181 e. The fraction of sp³-hybridized carbons (Fsp3) is 0.857. The van der Waals surface area contributed by atoms with E-state index in [4.69, 9.17) is 4.74 Å². The third-order valence-electron chi connectivity index (χ3n) is 2.12. The SMILES string of the molecule is C1=NSC2CCCCC2O1. The van der Waals surface area contributed by atoms with Crippen molar-refractivity contribution in [1.82, 2.24) is 0 Å². The van der Waals surface area contributed by atoms with Gasteiger partial charge in [-0.2, -0.15) is 4.40 Å². The molecule has 10 heavy (non-hydrogen) atoms. The van der Waals surface area contributed by atoms with Gasteiger partial charge in [0.15, 0.2) is 6.40 Å². The molecule has 0 saturated heterocycles. The Labute approximate surface area is 65.2 Å². The Bertz CT molecular complexity index is 133. The number of ether oxygens (including phenoxy) is 1. The van der Waals surface area contributed by atoms with Crippen LogP contribution >= 0.6 is 11.9 Å². The van der Waals surface area contributed by atoms with Crippen molar-refractivity contribution in [3.05, 3.63) is 0 Å². The highest BCUT2D eigenvalue weighted by Crippen LogP contribution is 2.33. The molecular weight excluding hydrogens is 146 g/mol. The van der Waals surface area contributed by atoms with Crippen LogP contribution in [-0.4, -0.2) is 17.8 Å². The summed E-state index contributed by atoms with van der Waals surface area (Å²) in [4.78, 5) is 0. The third kappa shape index (κ3) is 1.15. The number of hydrogen-bond acceptors (Lipinski definition) is 3. The van der Waals surface area contributed by atoms with E-state index in [-0.39, 0.29) is 0 Å². The maximum atomic E-state index is 5.37. The average Bonchev–Trinajstić information content (AvgIpc) is 2.05. The molecule has 0 amide bonds. The molecule has 1 fully saturated rings. The molecular formula is C7H11NOS. The zero-order valence-corrected chi connectivity index (χ0v) is 6.64. The Morgan fingerprint density at radius 3 is 3.20 bits per heavy atom. The second kappa shape index (κ2) is 2.82. The lowest BCUT2D eigenvalue weighted by molar-refractivity contribution is 0.155. The highest BCUT2D eigenvalue weighted by atomic mass is 32.2. The molecule has 1 heterocycles. The Morgan fingerprint density at radius 1 is 1.40 bits per heavy atom. The van der Waals surface area contributed by atoms with Crippen LogP contribution < -0.4 is 0 Å². The molecule has 0 spiro atoms. The zero-order chi connectivity index (χ0) is 6.81. The first-order valence-corrected chi connectivity index (χ1v) is 4.63. The van der Waals surface area contributed by atoms with Crippen molar-refractivity contribution in [3.8, 4) is 0 Å². The van der Waals surface area contributed by atoms with Crippen LogP contribution in [0.5, 0.6) is 0 Å². The fourth-order valence-electron chi connectivity index (χ4n) is 1.55. The molecule has 0 aromatic rings. The minimum atomic E-state index is 0.469. The van der Waals surface area contributed by atoms with Gasteiger partial charge in [-0.05, 0) is 31.2 Å². The normalized spacial score (nSPS) is 38.4. The highest BCUT2D eigenvalue weighted by Gasteiger charge is 2.28. The zero-order valence-electron chi connectivity index (χ0n) is 5.82. The lowest BCUT2D eigenvalue weighted by atomic mass is 9.97. The van der Waals surface area contributed by atoms with E-state index in [1.165, 1.54) is 25.7 Å².